The standard InChI is InChI=1S/C14H18N2O/c1-2-16-11(9-15-10-6-7-10)8-12-13(16)4-3-5-14(12)17/h3-5,8,10,15,17H,2,6-7,9H2,1H3. The molecule has 3 nitrogen and oxygen atoms in total. The molecule has 0 unspecified atom stereocenters. The molecule has 0 bridgehead atoms. The molecule has 17 heavy (non-hydrogen) atoms. The lowest BCUT2D eigenvalue weighted by Crippen LogP contribution is -2.17. The molecule has 2 N–H and O–H groups in total. The lowest BCUT2D eigenvalue weighted by Gasteiger charge is -2.08. The van der Waals surface area contributed by atoms with Gasteiger partial charge in [0.1, 0.15) is 5.75 Å². The van der Waals surface area contributed by atoms with Crippen molar-refractivity contribution in [2.45, 2.75) is 38.9 Å². The number of aromatic nitrogens is 1. The minimum absolute atomic E-state index is 0.377. The van der Waals surface area contributed by atoms with Crippen molar-refractivity contribution in [3.05, 3.63) is 30.0 Å². The van der Waals surface area contributed by atoms with Crippen LogP contribution in [0, 0.1) is 0 Å². The van der Waals surface area contributed by atoms with Crippen molar-refractivity contribution < 1.29 is 5.11 Å². The highest BCUT2D eigenvalue weighted by Crippen LogP contribution is 2.28. The summed E-state index contributed by atoms with van der Waals surface area (Å²) in [6, 6.07) is 8.54. The molecular weight excluding hydrogens is 212 g/mol. The zero-order chi connectivity index (χ0) is 11.8. The summed E-state index contributed by atoms with van der Waals surface area (Å²) in [4.78, 5) is 0. The van der Waals surface area contributed by atoms with E-state index in [0.29, 0.717) is 11.8 Å². The summed E-state index contributed by atoms with van der Waals surface area (Å²) in [7, 11) is 0. The van der Waals surface area contributed by atoms with Crippen molar-refractivity contribution in [3.8, 4) is 5.75 Å². The quantitative estimate of drug-likeness (QED) is 0.847. The topological polar surface area (TPSA) is 37.2 Å². The predicted molar refractivity (Wildman–Crippen MR) is 69.1 cm³/mol. The maximum Gasteiger partial charge on any atom is 0.124 e. The normalized spacial score (nSPS) is 15.6. The van der Waals surface area contributed by atoms with Crippen molar-refractivity contribution >= 4 is 10.9 Å². The summed E-state index contributed by atoms with van der Waals surface area (Å²) in [5.74, 6) is 0.377. The van der Waals surface area contributed by atoms with E-state index in [1.54, 1.807) is 6.07 Å². The Kier molecular flexibility index (Phi) is 2.56. The number of nitrogens with zero attached hydrogens (tertiary/aromatic N) is 1. The van der Waals surface area contributed by atoms with E-state index < -0.39 is 0 Å². The molecule has 3 rings (SSSR count). The van der Waals surface area contributed by atoms with Gasteiger partial charge in [-0.05, 0) is 38.0 Å². The van der Waals surface area contributed by atoms with Crippen molar-refractivity contribution in [1.82, 2.24) is 9.88 Å². The second kappa shape index (κ2) is 4.08. The fraction of sp³-hybridized carbons (Fsp3) is 0.429. The summed E-state index contributed by atoms with van der Waals surface area (Å²) < 4.78 is 2.27. The molecule has 1 saturated carbocycles. The number of aryl methyl sites for hydroxylation is 1. The van der Waals surface area contributed by atoms with Crippen molar-refractivity contribution in [2.75, 3.05) is 0 Å². The highest BCUT2D eigenvalue weighted by molar-refractivity contribution is 5.87. The summed E-state index contributed by atoms with van der Waals surface area (Å²) in [5, 5.41) is 14.3. The Morgan fingerprint density at radius 2 is 2.24 bits per heavy atom. The minimum Gasteiger partial charge on any atom is -0.507 e. The predicted octanol–water partition coefficient (Wildman–Crippen LogP) is 2.62. The molecule has 1 aliphatic rings. The van der Waals surface area contributed by atoms with E-state index in [1.165, 1.54) is 18.5 Å². The second-order valence-electron chi connectivity index (χ2n) is 4.75. The third-order valence-electron chi connectivity index (χ3n) is 3.47. The molecule has 1 aromatic carbocycles. The van der Waals surface area contributed by atoms with Crippen LogP contribution in [0.5, 0.6) is 5.75 Å². The van der Waals surface area contributed by atoms with Crippen molar-refractivity contribution in [2.24, 2.45) is 0 Å². The van der Waals surface area contributed by atoms with Crippen molar-refractivity contribution in [1.29, 1.82) is 0 Å². The zero-order valence-corrected chi connectivity index (χ0v) is 10.1. The Hall–Kier alpha value is -1.48. The summed E-state index contributed by atoms with van der Waals surface area (Å²) in [6.07, 6.45) is 2.61. The molecule has 0 spiro atoms. The molecular formula is C14H18N2O. The molecule has 0 aliphatic heterocycles. The first-order valence-corrected chi connectivity index (χ1v) is 6.33. The lowest BCUT2D eigenvalue weighted by atomic mass is 10.2. The maximum absolute atomic E-state index is 9.86. The molecule has 1 aliphatic carbocycles. The number of phenols is 1. The molecule has 3 heteroatoms. The van der Waals surface area contributed by atoms with Gasteiger partial charge in [0.25, 0.3) is 0 Å². The van der Waals surface area contributed by atoms with E-state index >= 15 is 0 Å². The smallest absolute Gasteiger partial charge is 0.124 e. The van der Waals surface area contributed by atoms with E-state index in [2.05, 4.69) is 28.9 Å². The van der Waals surface area contributed by atoms with E-state index in [4.69, 9.17) is 0 Å². The first-order valence-electron chi connectivity index (χ1n) is 6.33. The van der Waals surface area contributed by atoms with Gasteiger partial charge in [-0.25, -0.2) is 0 Å². The van der Waals surface area contributed by atoms with Crippen LogP contribution in [0.1, 0.15) is 25.5 Å². The van der Waals surface area contributed by atoms with E-state index in [0.717, 1.165) is 24.0 Å². The van der Waals surface area contributed by atoms with E-state index in [-0.39, 0.29) is 0 Å². The summed E-state index contributed by atoms with van der Waals surface area (Å²) in [5.41, 5.74) is 2.39. The van der Waals surface area contributed by atoms with Crippen molar-refractivity contribution in [3.63, 3.8) is 0 Å². The largest absolute Gasteiger partial charge is 0.507 e. The van der Waals surface area contributed by atoms with Gasteiger partial charge in [-0.15, -0.1) is 0 Å². The highest BCUT2D eigenvalue weighted by Gasteiger charge is 2.21. The molecule has 0 atom stereocenters. The monoisotopic (exact) mass is 230 g/mol. The lowest BCUT2D eigenvalue weighted by molar-refractivity contribution is 0.481. The number of nitrogens with one attached hydrogen (secondary N) is 1. The second-order valence-corrected chi connectivity index (χ2v) is 4.75. The summed E-state index contributed by atoms with van der Waals surface area (Å²) in [6.45, 7) is 3.98. The van der Waals surface area contributed by atoms with Gasteiger partial charge < -0.3 is 15.0 Å². The molecule has 0 saturated heterocycles. The third-order valence-corrected chi connectivity index (χ3v) is 3.47. The van der Waals surface area contributed by atoms with Crippen LogP contribution < -0.4 is 5.32 Å². The number of hydrogen-bond acceptors (Lipinski definition) is 2. The number of fused-ring (bicyclic) bond motifs is 1. The van der Waals surface area contributed by atoms with Crippen LogP contribution in [0.2, 0.25) is 0 Å². The Labute approximate surface area is 101 Å². The average Bonchev–Trinajstić information content (AvgIpc) is 3.08. The molecule has 2 aromatic rings. The van der Waals surface area contributed by atoms with Crippen LogP contribution in [0.4, 0.5) is 0 Å². The van der Waals surface area contributed by atoms with Crippen LogP contribution >= 0.6 is 0 Å². The number of phenolic OH excluding ortho intramolecular Hbond substituents is 1. The van der Waals surface area contributed by atoms with E-state index in [9.17, 15) is 5.11 Å². The number of benzene rings is 1. The first-order chi connectivity index (χ1) is 8.29. The van der Waals surface area contributed by atoms with Gasteiger partial charge in [-0.3, -0.25) is 0 Å². The van der Waals surface area contributed by atoms with Gasteiger partial charge in [-0.2, -0.15) is 0 Å². The molecule has 1 heterocycles. The molecule has 0 amide bonds. The molecule has 0 radical (unpaired) electrons. The van der Waals surface area contributed by atoms with Crippen LogP contribution in [-0.4, -0.2) is 15.7 Å². The first kappa shape index (κ1) is 10.7. The average molecular weight is 230 g/mol. The number of rotatable bonds is 4. The fourth-order valence-corrected chi connectivity index (χ4v) is 2.38. The summed E-state index contributed by atoms with van der Waals surface area (Å²) >= 11 is 0. The number of aromatic hydroxyl groups is 1. The van der Waals surface area contributed by atoms with Gasteiger partial charge in [-0.1, -0.05) is 6.07 Å². The Bertz CT molecular complexity index is 540. The minimum atomic E-state index is 0.377. The van der Waals surface area contributed by atoms with Crippen LogP contribution in [0.25, 0.3) is 10.9 Å². The Morgan fingerprint density at radius 1 is 1.41 bits per heavy atom. The number of hydrogen-bond donors (Lipinski definition) is 2. The fourth-order valence-electron chi connectivity index (χ4n) is 2.38. The molecule has 1 fully saturated rings. The Balaban J connectivity index is 2.00. The van der Waals surface area contributed by atoms with E-state index in [1.807, 2.05) is 6.07 Å². The van der Waals surface area contributed by atoms with Gasteiger partial charge in [0.2, 0.25) is 0 Å². The highest BCUT2D eigenvalue weighted by atomic mass is 16.3. The SMILES string of the molecule is CCn1c(CNC2CC2)cc2c(O)cccc21. The third kappa shape index (κ3) is 1.91. The van der Waals surface area contributed by atoms with Gasteiger partial charge >= 0.3 is 0 Å². The van der Waals surface area contributed by atoms with Gasteiger partial charge in [0.05, 0.1) is 5.52 Å². The molecule has 90 valence electrons. The van der Waals surface area contributed by atoms with Crippen LogP contribution in [-0.2, 0) is 13.1 Å². The van der Waals surface area contributed by atoms with Crippen LogP contribution in [0.3, 0.4) is 0 Å². The van der Waals surface area contributed by atoms with Crippen LogP contribution in [0.15, 0.2) is 24.3 Å². The zero-order valence-electron chi connectivity index (χ0n) is 10.1. The Morgan fingerprint density at radius 3 is 2.94 bits per heavy atom. The van der Waals surface area contributed by atoms with Gasteiger partial charge in [0, 0.05) is 30.2 Å². The maximum atomic E-state index is 9.86. The van der Waals surface area contributed by atoms with Gasteiger partial charge in [0.15, 0.2) is 0 Å². The molecule has 1 aromatic heterocycles.